The lowest BCUT2D eigenvalue weighted by molar-refractivity contribution is 0.0827. The normalized spacial score (nSPS) is 14.5. The number of aryl methyl sites for hydroxylation is 1. The van der Waals surface area contributed by atoms with Crippen LogP contribution in [0.15, 0.2) is 53.5 Å². The highest BCUT2D eigenvalue weighted by Gasteiger charge is 2.44. The van der Waals surface area contributed by atoms with Crippen molar-refractivity contribution in [2.75, 3.05) is 27.2 Å². The Bertz CT molecular complexity index is 873. The number of nitrogens with zero attached hydrogens (tertiary/aromatic N) is 2. The van der Waals surface area contributed by atoms with E-state index in [2.05, 4.69) is 48.7 Å². The van der Waals surface area contributed by atoms with Gasteiger partial charge in [0.05, 0.1) is 6.54 Å². The van der Waals surface area contributed by atoms with Gasteiger partial charge in [-0.3, -0.25) is 4.79 Å². The van der Waals surface area contributed by atoms with Crippen LogP contribution in [0.25, 0.3) is 0 Å². The molecule has 0 atom stereocenters. The number of hydrogen-bond acceptors (Lipinski definition) is 2. The third-order valence-electron chi connectivity index (χ3n) is 5.54. The number of carbonyl (C=O) groups is 1. The Morgan fingerprint density at radius 1 is 1.07 bits per heavy atom. The fourth-order valence-corrected chi connectivity index (χ4v) is 3.64. The van der Waals surface area contributed by atoms with Crippen LogP contribution in [0, 0.1) is 6.92 Å². The average molecular weight is 520 g/mol. The number of benzene rings is 2. The van der Waals surface area contributed by atoms with Crippen LogP contribution in [0.5, 0.6) is 0 Å². The first-order valence-corrected chi connectivity index (χ1v) is 10.3. The topological polar surface area (TPSA) is 56.7 Å². The van der Waals surface area contributed by atoms with E-state index in [1.54, 1.807) is 19.0 Å². The molecule has 5 nitrogen and oxygen atoms in total. The highest BCUT2D eigenvalue weighted by Crippen LogP contribution is 2.48. The van der Waals surface area contributed by atoms with Crippen molar-refractivity contribution in [3.05, 3.63) is 70.8 Å². The summed E-state index contributed by atoms with van der Waals surface area (Å²) in [7, 11) is 3.52. The number of hydrogen-bond donors (Lipinski definition) is 2. The molecule has 0 heterocycles. The zero-order chi connectivity index (χ0) is 20.9. The molecular weight excluding hydrogens is 487 g/mol. The van der Waals surface area contributed by atoms with E-state index in [4.69, 9.17) is 4.99 Å². The van der Waals surface area contributed by atoms with E-state index in [0.717, 1.165) is 24.6 Å². The van der Waals surface area contributed by atoms with Gasteiger partial charge < -0.3 is 15.5 Å². The first-order chi connectivity index (χ1) is 13.9. The van der Waals surface area contributed by atoms with E-state index in [9.17, 15) is 4.79 Å². The molecule has 1 fully saturated rings. The first-order valence-electron chi connectivity index (χ1n) is 10.3. The summed E-state index contributed by atoms with van der Waals surface area (Å²) in [4.78, 5) is 18.3. The van der Waals surface area contributed by atoms with Crippen LogP contribution in [-0.4, -0.2) is 44.0 Å². The Morgan fingerprint density at radius 3 is 2.30 bits per heavy atom. The van der Waals surface area contributed by atoms with E-state index in [1.807, 2.05) is 24.3 Å². The predicted molar refractivity (Wildman–Crippen MR) is 135 cm³/mol. The van der Waals surface area contributed by atoms with Gasteiger partial charge >= 0.3 is 0 Å². The molecule has 2 aromatic carbocycles. The largest absolute Gasteiger partial charge is 0.357 e. The smallest absolute Gasteiger partial charge is 0.253 e. The van der Waals surface area contributed by atoms with Crippen LogP contribution in [0.1, 0.15) is 46.8 Å². The van der Waals surface area contributed by atoms with Crippen LogP contribution >= 0.6 is 24.0 Å². The van der Waals surface area contributed by atoms with Gasteiger partial charge in [0.15, 0.2) is 5.96 Å². The van der Waals surface area contributed by atoms with Crippen LogP contribution in [0.4, 0.5) is 0 Å². The summed E-state index contributed by atoms with van der Waals surface area (Å²) < 4.78 is 0. The van der Waals surface area contributed by atoms with Crippen molar-refractivity contribution in [3.63, 3.8) is 0 Å². The molecule has 0 spiro atoms. The van der Waals surface area contributed by atoms with Crippen molar-refractivity contribution in [2.24, 2.45) is 4.99 Å². The maximum atomic E-state index is 12.0. The van der Waals surface area contributed by atoms with E-state index >= 15 is 0 Å². The zero-order valence-electron chi connectivity index (χ0n) is 18.4. The molecule has 0 radical (unpaired) electrons. The summed E-state index contributed by atoms with van der Waals surface area (Å²) in [6.45, 7) is 6.55. The third-order valence-corrected chi connectivity index (χ3v) is 5.54. The molecule has 2 aromatic rings. The Kier molecular flexibility index (Phi) is 8.70. The second kappa shape index (κ2) is 10.8. The second-order valence-electron chi connectivity index (χ2n) is 8.04. The van der Waals surface area contributed by atoms with Gasteiger partial charge in [-0.15, -0.1) is 24.0 Å². The van der Waals surface area contributed by atoms with Gasteiger partial charge in [0.1, 0.15) is 0 Å². The predicted octanol–water partition coefficient (Wildman–Crippen LogP) is 4.10. The Balaban J connectivity index is 0.00000320. The highest BCUT2D eigenvalue weighted by molar-refractivity contribution is 14.0. The lowest BCUT2D eigenvalue weighted by Crippen LogP contribution is -2.41. The van der Waals surface area contributed by atoms with Crippen molar-refractivity contribution in [1.82, 2.24) is 15.5 Å². The summed E-state index contributed by atoms with van der Waals surface area (Å²) in [6, 6.07) is 16.4. The molecule has 30 heavy (non-hydrogen) atoms. The van der Waals surface area contributed by atoms with E-state index in [0.29, 0.717) is 12.1 Å². The minimum absolute atomic E-state index is 0. The van der Waals surface area contributed by atoms with E-state index in [1.165, 1.54) is 24.0 Å². The summed E-state index contributed by atoms with van der Waals surface area (Å²) in [5, 5.41) is 6.88. The molecule has 0 saturated heterocycles. The van der Waals surface area contributed by atoms with Crippen LogP contribution in [0.3, 0.4) is 0 Å². The standard InChI is InChI=1S/C24H32N4O.HI/c1-5-25-23(26-16-19-10-12-20(13-11-19)22(29)28(3)4)27-17-24(14-15-24)21-9-7-6-8-18(21)2;/h6-13H,5,14-17H2,1-4H3,(H2,25,26,27);1H. The van der Waals surface area contributed by atoms with Crippen molar-refractivity contribution < 1.29 is 4.79 Å². The molecule has 0 unspecified atom stereocenters. The monoisotopic (exact) mass is 520 g/mol. The van der Waals surface area contributed by atoms with Crippen LogP contribution < -0.4 is 10.6 Å². The summed E-state index contributed by atoms with van der Waals surface area (Å²) in [5.41, 5.74) is 4.82. The SMILES string of the molecule is CCNC(=NCc1ccc(C(=O)N(C)C)cc1)NCC1(c2ccccc2C)CC1.I. The maximum absolute atomic E-state index is 12.0. The molecule has 0 aliphatic heterocycles. The molecule has 1 aliphatic rings. The molecule has 162 valence electrons. The number of amides is 1. The zero-order valence-corrected chi connectivity index (χ0v) is 20.7. The summed E-state index contributed by atoms with van der Waals surface area (Å²) in [5.74, 6) is 0.849. The van der Waals surface area contributed by atoms with Crippen molar-refractivity contribution in [1.29, 1.82) is 0 Å². The van der Waals surface area contributed by atoms with Gasteiger partial charge in [-0.1, -0.05) is 36.4 Å². The van der Waals surface area contributed by atoms with Crippen molar-refractivity contribution in [2.45, 2.75) is 38.6 Å². The fraction of sp³-hybridized carbons (Fsp3) is 0.417. The minimum Gasteiger partial charge on any atom is -0.357 e. The summed E-state index contributed by atoms with van der Waals surface area (Å²) in [6.07, 6.45) is 2.43. The second-order valence-corrected chi connectivity index (χ2v) is 8.04. The van der Waals surface area contributed by atoms with E-state index in [-0.39, 0.29) is 35.3 Å². The summed E-state index contributed by atoms with van der Waals surface area (Å²) >= 11 is 0. The molecule has 0 bridgehead atoms. The van der Waals surface area contributed by atoms with Gasteiger partial charge in [0.2, 0.25) is 0 Å². The molecule has 0 aromatic heterocycles. The first kappa shape index (κ1) is 24.2. The molecular formula is C24H33IN4O. The molecule has 6 heteroatoms. The third kappa shape index (κ3) is 5.97. The van der Waals surface area contributed by atoms with E-state index < -0.39 is 0 Å². The van der Waals surface area contributed by atoms with Gasteiger partial charge in [0, 0.05) is 38.2 Å². The fourth-order valence-electron chi connectivity index (χ4n) is 3.64. The molecule has 1 amide bonds. The number of rotatable bonds is 7. The Morgan fingerprint density at radius 2 is 1.73 bits per heavy atom. The van der Waals surface area contributed by atoms with Crippen molar-refractivity contribution >= 4 is 35.8 Å². The van der Waals surface area contributed by atoms with Gasteiger partial charge in [-0.25, -0.2) is 4.99 Å². The van der Waals surface area contributed by atoms with Gasteiger partial charge in [-0.2, -0.15) is 0 Å². The van der Waals surface area contributed by atoms with Crippen LogP contribution in [-0.2, 0) is 12.0 Å². The average Bonchev–Trinajstić information content (AvgIpc) is 3.51. The van der Waals surface area contributed by atoms with Gasteiger partial charge in [0.25, 0.3) is 5.91 Å². The molecule has 1 aliphatic carbocycles. The number of guanidine groups is 1. The number of carbonyl (C=O) groups excluding carboxylic acids is 1. The minimum atomic E-state index is 0. The van der Waals surface area contributed by atoms with Crippen LogP contribution in [0.2, 0.25) is 0 Å². The number of nitrogens with one attached hydrogen (secondary N) is 2. The number of halogens is 1. The molecule has 3 rings (SSSR count). The Labute approximate surface area is 197 Å². The lowest BCUT2D eigenvalue weighted by atomic mass is 9.92. The van der Waals surface area contributed by atoms with Gasteiger partial charge in [-0.05, 0) is 55.5 Å². The quantitative estimate of drug-likeness (QED) is 0.329. The number of aliphatic imine (C=N–C) groups is 1. The highest BCUT2D eigenvalue weighted by atomic mass is 127. The maximum Gasteiger partial charge on any atom is 0.253 e. The van der Waals surface area contributed by atoms with Crippen molar-refractivity contribution in [3.8, 4) is 0 Å². The molecule has 1 saturated carbocycles. The molecule has 2 N–H and O–H groups in total. The Hall–Kier alpha value is -2.09. The lowest BCUT2D eigenvalue weighted by Gasteiger charge is -2.20.